The Labute approximate surface area is 85.8 Å². The van der Waals surface area contributed by atoms with E-state index < -0.39 is 0 Å². The predicted octanol–water partition coefficient (Wildman–Crippen LogP) is 3.53. The zero-order valence-electron chi connectivity index (χ0n) is 8.97. The van der Waals surface area contributed by atoms with Gasteiger partial charge < -0.3 is 0 Å². The van der Waals surface area contributed by atoms with E-state index in [0.717, 1.165) is 28.6 Å². The average Bonchev–Trinajstić information content (AvgIpc) is 3.01. The van der Waals surface area contributed by atoms with Gasteiger partial charge in [-0.05, 0) is 48.9 Å². The zero-order valence-corrected chi connectivity index (χ0v) is 8.97. The van der Waals surface area contributed by atoms with Crippen LogP contribution in [0.5, 0.6) is 0 Å². The van der Waals surface area contributed by atoms with Crippen molar-refractivity contribution in [2.45, 2.75) is 45.4 Å². The second-order valence-corrected chi connectivity index (χ2v) is 6.65. The van der Waals surface area contributed by atoms with Gasteiger partial charge in [-0.2, -0.15) is 0 Å². The third-order valence-electron chi connectivity index (χ3n) is 6.29. The molecule has 0 nitrogen and oxygen atoms in total. The van der Waals surface area contributed by atoms with Gasteiger partial charge in [0.2, 0.25) is 0 Å². The Bertz CT molecular complexity index is 385. The zero-order chi connectivity index (χ0) is 9.13. The first-order valence-electron chi connectivity index (χ1n) is 6.55. The van der Waals surface area contributed by atoms with E-state index in [9.17, 15) is 0 Å². The van der Waals surface area contributed by atoms with Crippen molar-refractivity contribution in [3.8, 4) is 0 Å². The Hall–Kier alpha value is -0.260. The van der Waals surface area contributed by atoms with Gasteiger partial charge in [0.05, 0.1) is 0 Å². The molecule has 0 heteroatoms. The largest absolute Gasteiger partial charge is 0.0694 e. The second-order valence-electron chi connectivity index (χ2n) is 6.65. The summed E-state index contributed by atoms with van der Waals surface area (Å²) in [7, 11) is 0. The van der Waals surface area contributed by atoms with Crippen LogP contribution in [0.2, 0.25) is 0 Å². The van der Waals surface area contributed by atoms with E-state index in [1.807, 2.05) is 11.1 Å². The van der Waals surface area contributed by atoms with Gasteiger partial charge in [-0.25, -0.2) is 0 Å². The highest BCUT2D eigenvalue weighted by atomic mass is 15.1. The highest BCUT2D eigenvalue weighted by Crippen LogP contribution is 3.11. The Morgan fingerprint density at radius 3 is 2.57 bits per heavy atom. The van der Waals surface area contributed by atoms with Crippen molar-refractivity contribution in [1.82, 2.24) is 0 Å². The normalized spacial score (nSPS) is 66.2. The van der Waals surface area contributed by atoms with Gasteiger partial charge >= 0.3 is 0 Å². The summed E-state index contributed by atoms with van der Waals surface area (Å²) in [4.78, 5) is 0. The summed E-state index contributed by atoms with van der Waals surface area (Å²) in [6, 6.07) is 0. The van der Waals surface area contributed by atoms with E-state index in [1.165, 1.54) is 25.7 Å². The molecule has 0 amide bonds. The van der Waals surface area contributed by atoms with Gasteiger partial charge in [-0.15, -0.1) is 0 Å². The molecule has 0 radical (unpaired) electrons. The van der Waals surface area contributed by atoms with Gasteiger partial charge in [0.1, 0.15) is 0 Å². The molecule has 5 aliphatic rings. The quantitative estimate of drug-likeness (QED) is 0.549. The van der Waals surface area contributed by atoms with Gasteiger partial charge in [0.25, 0.3) is 0 Å². The minimum atomic E-state index is 0.905. The van der Waals surface area contributed by atoms with Crippen molar-refractivity contribution in [1.29, 1.82) is 0 Å². The van der Waals surface area contributed by atoms with E-state index in [-0.39, 0.29) is 0 Å². The molecule has 5 atom stereocenters. The van der Waals surface area contributed by atoms with Crippen LogP contribution in [0.15, 0.2) is 11.1 Å². The Morgan fingerprint density at radius 1 is 1.21 bits per heavy atom. The third-order valence-corrected chi connectivity index (χ3v) is 6.29. The summed E-state index contributed by atoms with van der Waals surface area (Å²) in [6.07, 6.45) is 9.21. The second kappa shape index (κ2) is 1.64. The highest BCUT2D eigenvalue weighted by Gasteiger charge is 3.06. The van der Waals surface area contributed by atoms with Crippen LogP contribution in [-0.2, 0) is 0 Å². The number of fused-ring (bicyclic) bond motifs is 1. The monoisotopic (exact) mass is 186 g/mol. The summed E-state index contributed by atoms with van der Waals surface area (Å²) in [6.45, 7) is 2.51. The molecular formula is C14H18. The van der Waals surface area contributed by atoms with Gasteiger partial charge in [0.15, 0.2) is 0 Å². The van der Waals surface area contributed by atoms with Crippen LogP contribution >= 0.6 is 0 Å². The maximum atomic E-state index is 2.51. The van der Waals surface area contributed by atoms with Crippen LogP contribution in [0.4, 0.5) is 0 Å². The first-order valence-corrected chi connectivity index (χ1v) is 6.55. The molecular weight excluding hydrogens is 168 g/mol. The lowest BCUT2D eigenvalue weighted by Gasteiger charge is -2.22. The molecule has 5 fully saturated rings. The molecule has 0 aromatic carbocycles. The molecule has 74 valence electrons. The van der Waals surface area contributed by atoms with E-state index in [2.05, 4.69) is 6.92 Å². The number of allylic oxidation sites excluding steroid dienone is 2. The maximum Gasteiger partial charge on any atom is 0.00607 e. The molecule has 0 heterocycles. The molecule has 0 bridgehead atoms. The Balaban J connectivity index is 1.49. The molecule has 5 rings (SSSR count). The van der Waals surface area contributed by atoms with Crippen LogP contribution in [0.25, 0.3) is 0 Å². The van der Waals surface area contributed by atoms with Crippen molar-refractivity contribution in [3.05, 3.63) is 11.1 Å². The molecule has 5 unspecified atom stereocenters. The van der Waals surface area contributed by atoms with Gasteiger partial charge in [-0.1, -0.05) is 30.9 Å². The van der Waals surface area contributed by atoms with E-state index in [1.54, 1.807) is 12.8 Å². The Kier molecular flexibility index (Phi) is 0.829. The average molecular weight is 186 g/mol. The van der Waals surface area contributed by atoms with Crippen LogP contribution in [-0.4, -0.2) is 0 Å². The van der Waals surface area contributed by atoms with Crippen LogP contribution in [0.3, 0.4) is 0 Å². The summed E-state index contributed by atoms with van der Waals surface area (Å²) in [5.74, 6) is 3.38. The first kappa shape index (κ1) is 7.09. The fourth-order valence-corrected chi connectivity index (χ4v) is 5.45. The lowest BCUT2D eigenvalue weighted by molar-refractivity contribution is 0.284. The van der Waals surface area contributed by atoms with E-state index >= 15 is 0 Å². The summed E-state index contributed by atoms with van der Waals surface area (Å²) >= 11 is 0. The summed E-state index contributed by atoms with van der Waals surface area (Å²) in [5.41, 5.74) is 5.74. The minimum absolute atomic E-state index is 0.905. The molecule has 0 saturated heterocycles. The van der Waals surface area contributed by atoms with E-state index in [4.69, 9.17) is 0 Å². The van der Waals surface area contributed by atoms with Crippen molar-refractivity contribution in [2.24, 2.45) is 28.6 Å². The van der Waals surface area contributed by atoms with Crippen LogP contribution < -0.4 is 0 Å². The Morgan fingerprint density at radius 2 is 2.00 bits per heavy atom. The molecule has 0 aliphatic heterocycles. The molecule has 5 aliphatic carbocycles. The van der Waals surface area contributed by atoms with E-state index in [0.29, 0.717) is 0 Å². The smallest absolute Gasteiger partial charge is 0.00607 e. The molecule has 1 spiro atoms. The van der Waals surface area contributed by atoms with Crippen LogP contribution in [0.1, 0.15) is 45.4 Å². The molecule has 0 aromatic heterocycles. The third kappa shape index (κ3) is 0.469. The van der Waals surface area contributed by atoms with Crippen LogP contribution in [0, 0.1) is 28.6 Å². The molecule has 0 N–H and O–H groups in total. The first-order chi connectivity index (χ1) is 6.82. The molecule has 5 saturated carbocycles. The minimum Gasteiger partial charge on any atom is -0.0694 e. The number of hydrogen-bond donors (Lipinski definition) is 0. The summed E-state index contributed by atoms with van der Waals surface area (Å²) < 4.78 is 0. The highest BCUT2D eigenvalue weighted by molar-refractivity contribution is 5.73. The topological polar surface area (TPSA) is 0 Å². The molecule has 14 heavy (non-hydrogen) atoms. The van der Waals surface area contributed by atoms with Crippen molar-refractivity contribution in [3.63, 3.8) is 0 Å². The van der Waals surface area contributed by atoms with Crippen molar-refractivity contribution in [2.75, 3.05) is 0 Å². The van der Waals surface area contributed by atoms with Gasteiger partial charge in [0, 0.05) is 5.41 Å². The van der Waals surface area contributed by atoms with Gasteiger partial charge in [-0.3, -0.25) is 0 Å². The lowest BCUT2D eigenvalue weighted by Crippen LogP contribution is -2.16. The predicted molar refractivity (Wildman–Crippen MR) is 55.7 cm³/mol. The number of rotatable bonds is 1. The van der Waals surface area contributed by atoms with Crippen molar-refractivity contribution >= 4 is 0 Å². The fourth-order valence-electron chi connectivity index (χ4n) is 5.45. The maximum absolute atomic E-state index is 2.51. The summed E-state index contributed by atoms with van der Waals surface area (Å²) in [5, 5.41) is 0. The SMILES string of the molecule is CC1CCCC1C12CC13C(=C1CC1)C32. The lowest BCUT2D eigenvalue weighted by atomic mass is 9.82. The van der Waals surface area contributed by atoms with Crippen molar-refractivity contribution < 1.29 is 0 Å². The number of hydrogen-bond acceptors (Lipinski definition) is 0. The molecule has 0 aromatic rings. The fraction of sp³-hybridized carbons (Fsp3) is 0.857. The standard InChI is InChI=1S/C14H18/c1-8-3-2-4-10(8)13-7-14(13)11(12(13)14)9-5-6-9/h8,10,12H,2-7H2,1H3.